The average Bonchev–Trinajstić information content (AvgIpc) is 2.63. The predicted molar refractivity (Wildman–Crippen MR) is 88.0 cm³/mol. The Morgan fingerprint density at radius 2 is 1.95 bits per heavy atom. The van der Waals surface area contributed by atoms with Gasteiger partial charge < -0.3 is 10.6 Å². The smallest absolute Gasteiger partial charge is 0.146 e. The molecule has 2 N–H and O–H groups in total. The summed E-state index contributed by atoms with van der Waals surface area (Å²) in [5, 5.41) is 0. The maximum Gasteiger partial charge on any atom is 0.146 e. The highest BCUT2D eigenvalue weighted by Crippen LogP contribution is 2.37. The fraction of sp³-hybridized carbons (Fsp3) is 0.667. The third-order valence-electron chi connectivity index (χ3n) is 4.78. The van der Waals surface area contributed by atoms with Crippen LogP contribution < -0.4 is 10.6 Å². The van der Waals surface area contributed by atoms with E-state index in [1.54, 1.807) is 12.1 Å². The van der Waals surface area contributed by atoms with E-state index in [9.17, 15) is 4.39 Å². The molecule has 1 heterocycles. The number of benzene rings is 1. The molecule has 1 aliphatic heterocycles. The van der Waals surface area contributed by atoms with Crippen LogP contribution in [0.4, 0.5) is 10.1 Å². The Morgan fingerprint density at radius 1 is 1.24 bits per heavy atom. The lowest BCUT2D eigenvalue weighted by molar-refractivity contribution is 0.220. The first-order valence-electron chi connectivity index (χ1n) is 8.09. The molecule has 2 atom stereocenters. The van der Waals surface area contributed by atoms with Gasteiger partial charge in [-0.1, -0.05) is 32.9 Å². The van der Waals surface area contributed by atoms with Crippen LogP contribution in [-0.2, 0) is 0 Å². The second kappa shape index (κ2) is 6.35. The topological polar surface area (TPSA) is 29.3 Å². The molecule has 0 amide bonds. The first-order valence-corrected chi connectivity index (χ1v) is 8.09. The quantitative estimate of drug-likeness (QED) is 0.869. The van der Waals surface area contributed by atoms with Gasteiger partial charge in [0.15, 0.2) is 0 Å². The van der Waals surface area contributed by atoms with Crippen molar-refractivity contribution in [3.8, 4) is 0 Å². The molecule has 0 aliphatic carbocycles. The van der Waals surface area contributed by atoms with Gasteiger partial charge >= 0.3 is 0 Å². The number of hydrogen-bond acceptors (Lipinski definition) is 2. The summed E-state index contributed by atoms with van der Waals surface area (Å²) in [4.78, 5) is 2.21. The molecule has 0 spiro atoms. The zero-order valence-corrected chi connectivity index (χ0v) is 13.8. The number of nitrogens with two attached hydrogens (primary N) is 1. The second-order valence-corrected chi connectivity index (χ2v) is 7.45. The number of nitrogens with zero attached hydrogens (tertiary/aromatic N) is 1. The molecule has 0 bridgehead atoms. The highest BCUT2D eigenvalue weighted by atomic mass is 19.1. The van der Waals surface area contributed by atoms with E-state index in [0.29, 0.717) is 11.3 Å². The maximum atomic E-state index is 14.4. The third-order valence-corrected chi connectivity index (χ3v) is 4.78. The molecule has 118 valence electrons. The zero-order valence-electron chi connectivity index (χ0n) is 13.8. The van der Waals surface area contributed by atoms with Crippen molar-refractivity contribution in [1.29, 1.82) is 0 Å². The van der Waals surface area contributed by atoms with Crippen LogP contribution in [0.5, 0.6) is 0 Å². The Kier molecular flexibility index (Phi) is 4.92. The summed E-state index contributed by atoms with van der Waals surface area (Å²) >= 11 is 0. The van der Waals surface area contributed by atoms with Gasteiger partial charge in [0.2, 0.25) is 0 Å². The highest BCUT2D eigenvalue weighted by molar-refractivity contribution is 5.56. The Labute approximate surface area is 128 Å². The van der Waals surface area contributed by atoms with Crippen LogP contribution in [0, 0.1) is 17.2 Å². The zero-order chi connectivity index (χ0) is 15.6. The van der Waals surface area contributed by atoms with Crippen LogP contribution in [0.25, 0.3) is 0 Å². The normalized spacial score (nSPS) is 22.0. The molecule has 0 saturated carbocycles. The van der Waals surface area contributed by atoms with Gasteiger partial charge in [-0.05, 0) is 49.1 Å². The molecule has 0 aromatic heterocycles. The van der Waals surface area contributed by atoms with E-state index >= 15 is 0 Å². The molecule has 1 aliphatic rings. The van der Waals surface area contributed by atoms with Crippen LogP contribution in [0.15, 0.2) is 18.2 Å². The summed E-state index contributed by atoms with van der Waals surface area (Å²) < 4.78 is 14.4. The molecule has 1 fully saturated rings. The van der Waals surface area contributed by atoms with E-state index < -0.39 is 0 Å². The third kappa shape index (κ3) is 3.76. The summed E-state index contributed by atoms with van der Waals surface area (Å²) in [6, 6.07) is 5.12. The molecule has 2 nitrogen and oxygen atoms in total. The van der Waals surface area contributed by atoms with Crippen molar-refractivity contribution in [2.24, 2.45) is 17.1 Å². The van der Waals surface area contributed by atoms with E-state index in [0.717, 1.165) is 37.2 Å². The lowest BCUT2D eigenvalue weighted by Crippen LogP contribution is -2.28. The van der Waals surface area contributed by atoms with Crippen molar-refractivity contribution in [1.82, 2.24) is 0 Å². The first-order chi connectivity index (χ1) is 9.80. The number of hydrogen-bond donors (Lipinski definition) is 1. The molecule has 1 aromatic rings. The van der Waals surface area contributed by atoms with Crippen LogP contribution in [-0.4, -0.2) is 13.1 Å². The minimum Gasteiger partial charge on any atom is -0.369 e. The van der Waals surface area contributed by atoms with E-state index in [1.165, 1.54) is 6.42 Å². The standard InChI is InChI=1S/C18H29FN2/c1-13(20)15-8-5-9-16(19)17(15)21-11-6-7-14(10-12-21)18(2,3)4/h5,8-9,13-14H,6-7,10-12,20H2,1-4H3. The molecule has 2 rings (SSSR count). The Morgan fingerprint density at radius 3 is 2.57 bits per heavy atom. The number of anilines is 1. The second-order valence-electron chi connectivity index (χ2n) is 7.45. The number of para-hydroxylation sites is 1. The van der Waals surface area contributed by atoms with Crippen molar-refractivity contribution < 1.29 is 4.39 Å². The minimum absolute atomic E-state index is 0.140. The summed E-state index contributed by atoms with van der Waals surface area (Å²) in [6.45, 7) is 10.7. The van der Waals surface area contributed by atoms with Crippen LogP contribution in [0.1, 0.15) is 58.6 Å². The lowest BCUT2D eigenvalue weighted by atomic mass is 9.77. The number of halogens is 1. The van der Waals surface area contributed by atoms with Gasteiger partial charge in [0.05, 0.1) is 5.69 Å². The van der Waals surface area contributed by atoms with Gasteiger partial charge in [0.1, 0.15) is 5.82 Å². The molecule has 1 saturated heterocycles. The van der Waals surface area contributed by atoms with Crippen molar-refractivity contribution >= 4 is 5.69 Å². The fourth-order valence-corrected chi connectivity index (χ4v) is 3.42. The van der Waals surface area contributed by atoms with E-state index in [2.05, 4.69) is 25.7 Å². The summed E-state index contributed by atoms with van der Waals surface area (Å²) in [6.07, 6.45) is 3.47. The van der Waals surface area contributed by atoms with E-state index in [-0.39, 0.29) is 11.9 Å². The van der Waals surface area contributed by atoms with E-state index in [4.69, 9.17) is 5.73 Å². The maximum absolute atomic E-state index is 14.4. The van der Waals surface area contributed by atoms with Crippen LogP contribution >= 0.6 is 0 Å². The summed E-state index contributed by atoms with van der Waals surface area (Å²) in [7, 11) is 0. The van der Waals surface area contributed by atoms with Gasteiger partial charge in [0.25, 0.3) is 0 Å². The number of rotatable bonds is 2. The molecule has 21 heavy (non-hydrogen) atoms. The molecule has 0 radical (unpaired) electrons. The van der Waals surface area contributed by atoms with Crippen LogP contribution in [0.3, 0.4) is 0 Å². The Bertz CT molecular complexity index is 477. The SMILES string of the molecule is CC(N)c1cccc(F)c1N1CCCC(C(C)(C)C)CC1. The molecular formula is C18H29FN2. The van der Waals surface area contributed by atoms with Gasteiger partial charge in [-0.15, -0.1) is 0 Å². The van der Waals surface area contributed by atoms with Crippen molar-refractivity contribution in [2.75, 3.05) is 18.0 Å². The van der Waals surface area contributed by atoms with Gasteiger partial charge in [-0.2, -0.15) is 0 Å². The molecular weight excluding hydrogens is 263 g/mol. The fourth-order valence-electron chi connectivity index (χ4n) is 3.42. The van der Waals surface area contributed by atoms with Gasteiger partial charge in [-0.25, -0.2) is 4.39 Å². The van der Waals surface area contributed by atoms with Crippen molar-refractivity contribution in [3.63, 3.8) is 0 Å². The summed E-state index contributed by atoms with van der Waals surface area (Å²) in [5.41, 5.74) is 8.01. The van der Waals surface area contributed by atoms with Gasteiger partial charge in [0, 0.05) is 19.1 Å². The Hall–Kier alpha value is -1.09. The Balaban J connectivity index is 2.24. The average molecular weight is 292 g/mol. The summed E-state index contributed by atoms with van der Waals surface area (Å²) in [5.74, 6) is 0.562. The molecule has 3 heteroatoms. The molecule has 1 aromatic carbocycles. The predicted octanol–water partition coefficient (Wildman–Crippen LogP) is 4.50. The largest absolute Gasteiger partial charge is 0.369 e. The van der Waals surface area contributed by atoms with E-state index in [1.807, 2.05) is 13.0 Å². The van der Waals surface area contributed by atoms with Gasteiger partial charge in [-0.3, -0.25) is 0 Å². The monoisotopic (exact) mass is 292 g/mol. The highest BCUT2D eigenvalue weighted by Gasteiger charge is 2.28. The molecule has 2 unspecified atom stereocenters. The minimum atomic E-state index is -0.141. The van der Waals surface area contributed by atoms with Crippen LogP contribution in [0.2, 0.25) is 0 Å². The van der Waals surface area contributed by atoms with Crippen molar-refractivity contribution in [3.05, 3.63) is 29.6 Å². The lowest BCUT2D eigenvalue weighted by Gasteiger charge is -2.30. The first kappa shape index (κ1) is 16.3. The van der Waals surface area contributed by atoms with Crippen molar-refractivity contribution in [2.45, 2.75) is 53.0 Å².